The van der Waals surface area contributed by atoms with E-state index in [1.54, 1.807) is 28.6 Å². The fourth-order valence-corrected chi connectivity index (χ4v) is 4.93. The maximum absolute atomic E-state index is 13.0. The molecule has 6 nitrogen and oxygen atoms in total. The fraction of sp³-hybridized carbons (Fsp3) is 0.476. The second-order valence-corrected chi connectivity index (χ2v) is 8.64. The Morgan fingerprint density at radius 2 is 1.90 bits per heavy atom. The van der Waals surface area contributed by atoms with Crippen LogP contribution in [0.1, 0.15) is 48.9 Å². The van der Waals surface area contributed by atoms with Crippen molar-refractivity contribution < 1.29 is 14.0 Å². The van der Waals surface area contributed by atoms with Crippen molar-refractivity contribution in [1.82, 2.24) is 15.1 Å². The van der Waals surface area contributed by atoms with E-state index in [1.165, 1.54) is 18.6 Å². The second kappa shape index (κ2) is 8.98. The Balaban J connectivity index is 1.42. The van der Waals surface area contributed by atoms with Crippen LogP contribution in [0, 0.1) is 11.7 Å². The average Bonchev–Trinajstić information content (AvgIpc) is 3.31. The fourth-order valence-electron chi connectivity index (χ4n) is 3.90. The third kappa shape index (κ3) is 4.80. The molecule has 1 fully saturated rings. The van der Waals surface area contributed by atoms with Gasteiger partial charge in [-0.25, -0.2) is 9.07 Å². The van der Waals surface area contributed by atoms with Gasteiger partial charge in [0.25, 0.3) is 0 Å². The minimum absolute atomic E-state index is 0.0391. The molecule has 8 heteroatoms. The van der Waals surface area contributed by atoms with Crippen LogP contribution in [-0.2, 0) is 34.2 Å². The zero-order chi connectivity index (χ0) is 20.2. The molecule has 1 aromatic carbocycles. The van der Waals surface area contributed by atoms with E-state index in [2.05, 4.69) is 15.7 Å². The quantitative estimate of drug-likeness (QED) is 0.754. The predicted molar refractivity (Wildman–Crippen MR) is 111 cm³/mol. The van der Waals surface area contributed by atoms with Gasteiger partial charge in [0.05, 0.1) is 5.69 Å². The molecule has 0 bridgehead atoms. The molecule has 4 rings (SSSR count). The van der Waals surface area contributed by atoms with Gasteiger partial charge in [0.2, 0.25) is 11.8 Å². The SMILES string of the molecule is O=C(Cn1nc2c(c1NC(=O)C1CCCCC1)CSC2)NCc1ccc(F)cc1. The number of benzene rings is 1. The van der Waals surface area contributed by atoms with Gasteiger partial charge in [0.1, 0.15) is 18.2 Å². The lowest BCUT2D eigenvalue weighted by Crippen LogP contribution is -2.30. The lowest BCUT2D eigenvalue weighted by molar-refractivity contribution is -0.122. The molecule has 1 aliphatic carbocycles. The number of hydrogen-bond donors (Lipinski definition) is 2. The van der Waals surface area contributed by atoms with Crippen molar-refractivity contribution in [1.29, 1.82) is 0 Å². The monoisotopic (exact) mass is 416 g/mol. The summed E-state index contributed by atoms with van der Waals surface area (Å²) < 4.78 is 14.6. The molecule has 0 spiro atoms. The first kappa shape index (κ1) is 19.9. The van der Waals surface area contributed by atoms with Crippen LogP contribution in [0.2, 0.25) is 0 Å². The minimum atomic E-state index is -0.303. The lowest BCUT2D eigenvalue weighted by Gasteiger charge is -2.21. The highest BCUT2D eigenvalue weighted by molar-refractivity contribution is 7.98. The Hall–Kier alpha value is -2.35. The first-order valence-corrected chi connectivity index (χ1v) is 11.2. The van der Waals surface area contributed by atoms with Gasteiger partial charge in [0, 0.05) is 29.5 Å². The number of halogens is 1. The number of aromatic nitrogens is 2. The third-order valence-corrected chi connectivity index (χ3v) is 6.50. The van der Waals surface area contributed by atoms with Crippen molar-refractivity contribution in [2.45, 2.75) is 56.7 Å². The average molecular weight is 417 g/mol. The number of carbonyl (C=O) groups is 2. The van der Waals surface area contributed by atoms with Crippen LogP contribution in [0.5, 0.6) is 0 Å². The van der Waals surface area contributed by atoms with Crippen molar-refractivity contribution in [2.24, 2.45) is 5.92 Å². The highest BCUT2D eigenvalue weighted by Gasteiger charge is 2.27. The maximum Gasteiger partial charge on any atom is 0.242 e. The topological polar surface area (TPSA) is 76.0 Å². The lowest BCUT2D eigenvalue weighted by atomic mass is 9.88. The number of nitrogens with zero attached hydrogens (tertiary/aromatic N) is 2. The Bertz CT molecular complexity index is 891. The normalized spacial score (nSPS) is 16.4. The van der Waals surface area contributed by atoms with Gasteiger partial charge in [-0.05, 0) is 30.5 Å². The largest absolute Gasteiger partial charge is 0.350 e. The molecule has 1 aliphatic heterocycles. The summed E-state index contributed by atoms with van der Waals surface area (Å²) in [4.78, 5) is 25.2. The third-order valence-electron chi connectivity index (χ3n) is 5.53. The van der Waals surface area contributed by atoms with Crippen LogP contribution >= 0.6 is 11.8 Å². The van der Waals surface area contributed by atoms with Gasteiger partial charge in [-0.2, -0.15) is 16.9 Å². The van der Waals surface area contributed by atoms with Crippen molar-refractivity contribution >= 4 is 29.4 Å². The molecule has 1 aromatic heterocycles. The number of hydrogen-bond acceptors (Lipinski definition) is 4. The van der Waals surface area contributed by atoms with Crippen molar-refractivity contribution in [3.05, 3.63) is 46.9 Å². The summed E-state index contributed by atoms with van der Waals surface area (Å²) in [5, 5.41) is 10.5. The number of nitrogens with one attached hydrogen (secondary N) is 2. The van der Waals surface area contributed by atoms with Crippen LogP contribution in [-0.4, -0.2) is 21.6 Å². The first-order valence-electron chi connectivity index (χ1n) is 10.1. The van der Waals surface area contributed by atoms with Gasteiger partial charge in [-0.1, -0.05) is 31.4 Å². The van der Waals surface area contributed by atoms with Gasteiger partial charge < -0.3 is 10.6 Å². The van der Waals surface area contributed by atoms with Crippen molar-refractivity contribution in [2.75, 3.05) is 5.32 Å². The summed E-state index contributed by atoms with van der Waals surface area (Å²) in [5.41, 5.74) is 2.80. The van der Waals surface area contributed by atoms with Gasteiger partial charge in [0.15, 0.2) is 0 Å². The van der Waals surface area contributed by atoms with Gasteiger partial charge in [-0.3, -0.25) is 9.59 Å². The van der Waals surface area contributed by atoms with Gasteiger partial charge >= 0.3 is 0 Å². The van der Waals surface area contributed by atoms with E-state index in [4.69, 9.17) is 0 Å². The standard InChI is InChI=1S/C21H25FN4O2S/c22-16-8-6-14(7-9-16)10-23-19(27)11-26-20(17-12-29-13-18(17)25-26)24-21(28)15-4-2-1-3-5-15/h6-9,15H,1-5,10-13H2,(H,23,27)(H,24,28). The van der Waals surface area contributed by atoms with E-state index in [0.29, 0.717) is 12.4 Å². The summed E-state index contributed by atoms with van der Waals surface area (Å²) in [7, 11) is 0. The van der Waals surface area contributed by atoms with Crippen LogP contribution in [0.15, 0.2) is 24.3 Å². The number of thioether (sulfide) groups is 1. The van der Waals surface area contributed by atoms with E-state index >= 15 is 0 Å². The molecule has 2 aromatic rings. The Morgan fingerprint density at radius 3 is 2.66 bits per heavy atom. The molecule has 1 saturated carbocycles. The molecular formula is C21H25FN4O2S. The molecule has 29 heavy (non-hydrogen) atoms. The predicted octanol–water partition coefficient (Wildman–Crippen LogP) is 3.60. The van der Waals surface area contributed by atoms with Crippen LogP contribution < -0.4 is 10.6 Å². The summed E-state index contributed by atoms with van der Waals surface area (Å²) in [5.74, 6) is 1.84. The molecule has 0 unspecified atom stereocenters. The van der Waals surface area contributed by atoms with Crippen molar-refractivity contribution in [3.63, 3.8) is 0 Å². The zero-order valence-electron chi connectivity index (χ0n) is 16.2. The van der Waals surface area contributed by atoms with E-state index in [9.17, 15) is 14.0 Å². The summed E-state index contributed by atoms with van der Waals surface area (Å²) in [6.45, 7) is 0.360. The molecule has 2 amide bonds. The maximum atomic E-state index is 13.0. The van der Waals surface area contributed by atoms with E-state index < -0.39 is 0 Å². The van der Waals surface area contributed by atoms with Crippen LogP contribution in [0.3, 0.4) is 0 Å². The molecule has 2 N–H and O–H groups in total. The Labute approximate surface area is 173 Å². The van der Waals surface area contributed by atoms with Crippen LogP contribution in [0.4, 0.5) is 10.2 Å². The molecular weight excluding hydrogens is 391 g/mol. The summed E-state index contributed by atoms with van der Waals surface area (Å²) >= 11 is 1.76. The first-order chi connectivity index (χ1) is 14.1. The highest BCUT2D eigenvalue weighted by Crippen LogP contribution is 2.35. The van der Waals surface area contributed by atoms with Crippen LogP contribution in [0.25, 0.3) is 0 Å². The molecule has 0 radical (unpaired) electrons. The van der Waals surface area contributed by atoms with E-state index in [-0.39, 0.29) is 30.1 Å². The number of fused-ring (bicyclic) bond motifs is 1. The molecule has 154 valence electrons. The highest BCUT2D eigenvalue weighted by atomic mass is 32.2. The Morgan fingerprint density at radius 1 is 1.14 bits per heavy atom. The van der Waals surface area contributed by atoms with E-state index in [1.807, 2.05) is 0 Å². The zero-order valence-corrected chi connectivity index (χ0v) is 17.1. The number of anilines is 1. The number of amides is 2. The molecule has 0 atom stereocenters. The molecule has 2 aliphatic rings. The number of carbonyl (C=O) groups excluding carboxylic acids is 2. The smallest absolute Gasteiger partial charge is 0.242 e. The van der Waals surface area contributed by atoms with Crippen molar-refractivity contribution in [3.8, 4) is 0 Å². The van der Waals surface area contributed by atoms with E-state index in [0.717, 1.165) is 54.0 Å². The number of rotatable bonds is 6. The molecule has 0 saturated heterocycles. The summed E-state index contributed by atoms with van der Waals surface area (Å²) in [6.07, 6.45) is 5.24. The molecule has 2 heterocycles. The summed E-state index contributed by atoms with van der Waals surface area (Å²) in [6, 6.07) is 6.03. The van der Waals surface area contributed by atoms with Gasteiger partial charge in [-0.15, -0.1) is 0 Å². The minimum Gasteiger partial charge on any atom is -0.350 e. The second-order valence-electron chi connectivity index (χ2n) is 7.65. The Kier molecular flexibility index (Phi) is 6.18.